The number of hydrogen-bond acceptors (Lipinski definition) is 2. The summed E-state index contributed by atoms with van der Waals surface area (Å²) in [5.74, 6) is 0.0302. The van der Waals surface area contributed by atoms with Crippen LogP contribution in [0.3, 0.4) is 0 Å². The standard InChI is InChI=1S/C14H17NO2S/c1-9(2)15-11(8-18-3)7-10-5-4-6-12(13(10)15)14(16)17/h4-7,9H,8H2,1-3H3,(H,16,17). The molecule has 0 aliphatic rings. The molecule has 0 aliphatic heterocycles. The Bertz CT molecular complexity index is 587. The Morgan fingerprint density at radius 2 is 2.17 bits per heavy atom. The molecule has 18 heavy (non-hydrogen) atoms. The van der Waals surface area contributed by atoms with E-state index in [0.717, 1.165) is 16.7 Å². The molecule has 1 heterocycles. The van der Waals surface area contributed by atoms with Crippen molar-refractivity contribution in [1.82, 2.24) is 4.57 Å². The van der Waals surface area contributed by atoms with Gasteiger partial charge in [-0.05, 0) is 32.2 Å². The lowest BCUT2D eigenvalue weighted by Gasteiger charge is -2.15. The third-order valence-electron chi connectivity index (χ3n) is 2.98. The van der Waals surface area contributed by atoms with Crippen LogP contribution in [0, 0.1) is 0 Å². The minimum atomic E-state index is -0.865. The van der Waals surface area contributed by atoms with Crippen molar-refractivity contribution in [3.8, 4) is 0 Å². The highest BCUT2D eigenvalue weighted by atomic mass is 32.2. The quantitative estimate of drug-likeness (QED) is 0.912. The van der Waals surface area contributed by atoms with Crippen LogP contribution in [0.4, 0.5) is 0 Å². The van der Waals surface area contributed by atoms with Crippen LogP contribution in [-0.4, -0.2) is 21.9 Å². The minimum absolute atomic E-state index is 0.255. The Hall–Kier alpha value is -1.42. The summed E-state index contributed by atoms with van der Waals surface area (Å²) in [6.07, 6.45) is 2.06. The summed E-state index contributed by atoms with van der Waals surface area (Å²) in [4.78, 5) is 11.3. The average Bonchev–Trinajstić information content (AvgIpc) is 2.66. The minimum Gasteiger partial charge on any atom is -0.478 e. The van der Waals surface area contributed by atoms with Crippen LogP contribution in [0.15, 0.2) is 24.3 Å². The predicted molar refractivity (Wildman–Crippen MR) is 76.5 cm³/mol. The highest BCUT2D eigenvalue weighted by molar-refractivity contribution is 7.97. The number of para-hydroxylation sites is 1. The number of aromatic nitrogens is 1. The highest BCUT2D eigenvalue weighted by Crippen LogP contribution is 2.29. The van der Waals surface area contributed by atoms with Crippen molar-refractivity contribution in [2.24, 2.45) is 0 Å². The van der Waals surface area contributed by atoms with Crippen molar-refractivity contribution in [2.75, 3.05) is 6.26 Å². The van der Waals surface area contributed by atoms with Crippen LogP contribution in [0.5, 0.6) is 0 Å². The largest absolute Gasteiger partial charge is 0.478 e. The van der Waals surface area contributed by atoms with E-state index in [1.165, 1.54) is 5.69 Å². The Labute approximate surface area is 111 Å². The molecular weight excluding hydrogens is 246 g/mol. The number of nitrogens with zero attached hydrogens (tertiary/aromatic N) is 1. The number of benzene rings is 1. The molecule has 4 heteroatoms. The van der Waals surface area contributed by atoms with E-state index < -0.39 is 5.97 Å². The lowest BCUT2D eigenvalue weighted by atomic mass is 10.1. The normalized spacial score (nSPS) is 11.3. The van der Waals surface area contributed by atoms with E-state index in [1.54, 1.807) is 23.9 Å². The van der Waals surface area contributed by atoms with Crippen molar-refractivity contribution in [2.45, 2.75) is 25.6 Å². The van der Waals surface area contributed by atoms with Crippen LogP contribution >= 0.6 is 11.8 Å². The number of carboxylic acids is 1. The van der Waals surface area contributed by atoms with E-state index in [2.05, 4.69) is 30.7 Å². The SMILES string of the molecule is CSCc1cc2cccc(C(=O)O)c2n1C(C)C. The van der Waals surface area contributed by atoms with Gasteiger partial charge in [0.15, 0.2) is 0 Å². The number of aromatic carboxylic acids is 1. The molecular formula is C14H17NO2S. The molecule has 0 atom stereocenters. The molecule has 0 bridgehead atoms. The molecule has 0 amide bonds. The second-order valence-electron chi connectivity index (χ2n) is 4.58. The molecule has 0 spiro atoms. The van der Waals surface area contributed by atoms with Gasteiger partial charge >= 0.3 is 5.97 Å². The van der Waals surface area contributed by atoms with E-state index >= 15 is 0 Å². The summed E-state index contributed by atoms with van der Waals surface area (Å²) in [7, 11) is 0. The van der Waals surface area contributed by atoms with Crippen LogP contribution in [0.1, 0.15) is 35.9 Å². The van der Waals surface area contributed by atoms with Gasteiger partial charge in [0.2, 0.25) is 0 Å². The van der Waals surface area contributed by atoms with Crippen molar-refractivity contribution in [3.63, 3.8) is 0 Å². The Morgan fingerprint density at radius 3 is 2.72 bits per heavy atom. The van der Waals surface area contributed by atoms with Gasteiger partial charge in [-0.15, -0.1) is 0 Å². The van der Waals surface area contributed by atoms with Crippen molar-refractivity contribution in [1.29, 1.82) is 0 Å². The average molecular weight is 263 g/mol. The maximum absolute atomic E-state index is 11.3. The molecule has 1 aromatic carbocycles. The molecule has 0 aliphatic carbocycles. The highest BCUT2D eigenvalue weighted by Gasteiger charge is 2.17. The first-order valence-corrected chi connectivity index (χ1v) is 7.30. The van der Waals surface area contributed by atoms with Crippen molar-refractivity contribution in [3.05, 3.63) is 35.5 Å². The second kappa shape index (κ2) is 5.06. The summed E-state index contributed by atoms with van der Waals surface area (Å²) in [5.41, 5.74) is 2.40. The number of hydrogen-bond donors (Lipinski definition) is 1. The zero-order valence-electron chi connectivity index (χ0n) is 10.8. The first-order valence-electron chi connectivity index (χ1n) is 5.91. The molecule has 0 unspecified atom stereocenters. The molecule has 0 fully saturated rings. The van der Waals surface area contributed by atoms with Gasteiger partial charge in [0.1, 0.15) is 0 Å². The van der Waals surface area contributed by atoms with E-state index in [1.807, 2.05) is 6.07 Å². The molecule has 96 valence electrons. The second-order valence-corrected chi connectivity index (χ2v) is 5.45. The Morgan fingerprint density at radius 1 is 1.44 bits per heavy atom. The maximum Gasteiger partial charge on any atom is 0.337 e. The van der Waals surface area contributed by atoms with Gasteiger partial charge in [0.05, 0.1) is 11.1 Å². The van der Waals surface area contributed by atoms with E-state index in [-0.39, 0.29) is 6.04 Å². The maximum atomic E-state index is 11.3. The van der Waals surface area contributed by atoms with Crippen LogP contribution in [0.2, 0.25) is 0 Å². The first-order chi connectivity index (χ1) is 8.56. The molecule has 2 rings (SSSR count). The topological polar surface area (TPSA) is 42.2 Å². The summed E-state index contributed by atoms with van der Waals surface area (Å²) in [6, 6.07) is 7.80. The molecule has 0 radical (unpaired) electrons. The fourth-order valence-corrected chi connectivity index (χ4v) is 2.88. The zero-order valence-corrected chi connectivity index (χ0v) is 11.6. The monoisotopic (exact) mass is 263 g/mol. The van der Waals surface area contributed by atoms with Gasteiger partial charge in [-0.3, -0.25) is 0 Å². The number of rotatable bonds is 4. The Kier molecular flexibility index (Phi) is 3.66. The van der Waals surface area contributed by atoms with Crippen LogP contribution < -0.4 is 0 Å². The smallest absolute Gasteiger partial charge is 0.337 e. The van der Waals surface area contributed by atoms with Gasteiger partial charge in [-0.2, -0.15) is 11.8 Å². The van der Waals surface area contributed by atoms with Gasteiger partial charge < -0.3 is 9.67 Å². The lowest BCUT2D eigenvalue weighted by Crippen LogP contribution is -2.08. The third-order valence-corrected chi connectivity index (χ3v) is 3.56. The number of thioether (sulfide) groups is 1. The number of carbonyl (C=O) groups is 1. The molecule has 3 nitrogen and oxygen atoms in total. The lowest BCUT2D eigenvalue weighted by molar-refractivity contribution is 0.0698. The molecule has 0 saturated carbocycles. The third kappa shape index (κ3) is 2.12. The van der Waals surface area contributed by atoms with E-state index in [9.17, 15) is 9.90 Å². The van der Waals surface area contributed by atoms with Crippen molar-refractivity contribution >= 4 is 28.6 Å². The molecule has 1 N–H and O–H groups in total. The first kappa shape index (κ1) is 13.0. The predicted octanol–water partition coefficient (Wildman–Crippen LogP) is 3.78. The summed E-state index contributed by atoms with van der Waals surface area (Å²) < 4.78 is 2.13. The Balaban J connectivity index is 2.79. The molecule has 2 aromatic rings. The number of fused-ring (bicyclic) bond motifs is 1. The van der Waals surface area contributed by atoms with Gasteiger partial charge in [0.25, 0.3) is 0 Å². The summed E-state index contributed by atoms with van der Waals surface area (Å²) in [5, 5.41) is 10.3. The fourth-order valence-electron chi connectivity index (χ4n) is 2.36. The van der Waals surface area contributed by atoms with Gasteiger partial charge in [-0.1, -0.05) is 12.1 Å². The summed E-state index contributed by atoms with van der Waals surface area (Å²) in [6.45, 7) is 4.17. The molecule has 1 aromatic heterocycles. The van der Waals surface area contributed by atoms with Gasteiger partial charge in [-0.25, -0.2) is 4.79 Å². The van der Waals surface area contributed by atoms with Crippen LogP contribution in [0.25, 0.3) is 10.9 Å². The van der Waals surface area contributed by atoms with E-state index in [4.69, 9.17) is 0 Å². The number of carboxylic acid groups (broad SMARTS) is 1. The van der Waals surface area contributed by atoms with Crippen molar-refractivity contribution < 1.29 is 9.90 Å². The van der Waals surface area contributed by atoms with E-state index in [0.29, 0.717) is 5.56 Å². The van der Waals surface area contributed by atoms with Crippen LogP contribution in [-0.2, 0) is 5.75 Å². The summed E-state index contributed by atoms with van der Waals surface area (Å²) >= 11 is 1.75. The fraction of sp³-hybridized carbons (Fsp3) is 0.357. The zero-order chi connectivity index (χ0) is 13.3. The molecule has 0 saturated heterocycles. The van der Waals surface area contributed by atoms with Gasteiger partial charge in [0, 0.05) is 22.9 Å².